The van der Waals surface area contributed by atoms with Crippen molar-refractivity contribution in [2.24, 2.45) is 0 Å². The topological polar surface area (TPSA) is 96.8 Å². The number of amides is 1. The minimum Gasteiger partial charge on any atom is -0.464 e. The van der Waals surface area contributed by atoms with Gasteiger partial charge in [-0.1, -0.05) is 29.4 Å². The van der Waals surface area contributed by atoms with E-state index in [1.165, 1.54) is 4.90 Å². The standard InChI is InChI=1S/C23H24N2O5/c1-15-11-19(30-24-15)13-23(28)25-14-18(26)12-20(25)21(27)9-6-16-4-7-17(8-5-16)22-3-2-10-29-22/h2-5,7-8,10-11,18,20,26H,6,9,12-14H2,1H3/t18-,20+/m1/s1. The zero-order chi connectivity index (χ0) is 21.1. The Morgan fingerprint density at radius 1 is 1.23 bits per heavy atom. The highest BCUT2D eigenvalue weighted by Gasteiger charge is 2.38. The predicted molar refractivity (Wildman–Crippen MR) is 109 cm³/mol. The summed E-state index contributed by atoms with van der Waals surface area (Å²) in [5.74, 6) is 0.989. The number of aromatic nitrogens is 1. The van der Waals surface area contributed by atoms with Crippen LogP contribution in [0.5, 0.6) is 0 Å². The lowest BCUT2D eigenvalue weighted by molar-refractivity contribution is -0.137. The first-order valence-corrected chi connectivity index (χ1v) is 10.0. The Bertz CT molecular complexity index is 1010. The zero-order valence-corrected chi connectivity index (χ0v) is 16.8. The average molecular weight is 408 g/mol. The summed E-state index contributed by atoms with van der Waals surface area (Å²) < 4.78 is 10.5. The fourth-order valence-electron chi connectivity index (χ4n) is 3.86. The van der Waals surface area contributed by atoms with E-state index in [4.69, 9.17) is 8.94 Å². The second kappa shape index (κ2) is 8.67. The van der Waals surface area contributed by atoms with E-state index in [-0.39, 0.29) is 31.1 Å². The van der Waals surface area contributed by atoms with Crippen LogP contribution in [0.2, 0.25) is 0 Å². The van der Waals surface area contributed by atoms with Gasteiger partial charge in [-0.3, -0.25) is 9.59 Å². The van der Waals surface area contributed by atoms with E-state index in [1.54, 1.807) is 19.3 Å². The van der Waals surface area contributed by atoms with Crippen LogP contribution in [0.1, 0.15) is 29.9 Å². The molecule has 1 aromatic carbocycles. The molecule has 1 fully saturated rings. The molecular weight excluding hydrogens is 384 g/mol. The Hall–Kier alpha value is -3.19. The molecule has 1 aliphatic heterocycles. The van der Waals surface area contributed by atoms with E-state index in [1.807, 2.05) is 36.4 Å². The van der Waals surface area contributed by atoms with Crippen LogP contribution in [-0.2, 0) is 22.4 Å². The lowest BCUT2D eigenvalue weighted by atomic mass is 10.00. The largest absolute Gasteiger partial charge is 0.464 e. The number of nitrogens with zero attached hydrogens (tertiary/aromatic N) is 2. The summed E-state index contributed by atoms with van der Waals surface area (Å²) in [6.45, 7) is 1.95. The summed E-state index contributed by atoms with van der Waals surface area (Å²) in [4.78, 5) is 27.0. The predicted octanol–water partition coefficient (Wildman–Crippen LogP) is 2.95. The van der Waals surface area contributed by atoms with Gasteiger partial charge in [0.15, 0.2) is 5.78 Å². The minimum atomic E-state index is -0.688. The van der Waals surface area contributed by atoms with Gasteiger partial charge in [-0.05, 0) is 31.0 Å². The van der Waals surface area contributed by atoms with Crippen molar-refractivity contribution in [1.82, 2.24) is 10.1 Å². The molecule has 156 valence electrons. The van der Waals surface area contributed by atoms with Gasteiger partial charge in [-0.25, -0.2) is 0 Å². The molecule has 0 saturated carbocycles. The van der Waals surface area contributed by atoms with Crippen LogP contribution in [0.25, 0.3) is 11.3 Å². The van der Waals surface area contributed by atoms with Crippen LogP contribution in [0, 0.1) is 6.92 Å². The van der Waals surface area contributed by atoms with Gasteiger partial charge in [0.05, 0.1) is 30.5 Å². The fraction of sp³-hybridized carbons (Fsp3) is 0.348. The van der Waals surface area contributed by atoms with Crippen molar-refractivity contribution in [2.75, 3.05) is 6.54 Å². The molecule has 7 heteroatoms. The molecule has 1 amide bonds. The smallest absolute Gasteiger partial charge is 0.231 e. The van der Waals surface area contributed by atoms with Crippen molar-refractivity contribution in [2.45, 2.75) is 44.8 Å². The number of hydrogen-bond acceptors (Lipinski definition) is 6. The Labute approximate surface area is 174 Å². The maximum atomic E-state index is 12.8. The molecule has 0 radical (unpaired) electrons. The molecule has 2 aromatic heterocycles. The lowest BCUT2D eigenvalue weighted by Gasteiger charge is -2.23. The number of β-amino-alcohol motifs (C(OH)–C–C–N with tert-alkyl or cyclic N) is 1. The number of aryl methyl sites for hydroxylation is 2. The first-order valence-electron chi connectivity index (χ1n) is 10.0. The molecular formula is C23H24N2O5. The monoisotopic (exact) mass is 408 g/mol. The maximum Gasteiger partial charge on any atom is 0.231 e. The van der Waals surface area contributed by atoms with Gasteiger partial charge in [-0.2, -0.15) is 0 Å². The van der Waals surface area contributed by atoms with Crippen molar-refractivity contribution in [3.63, 3.8) is 0 Å². The highest BCUT2D eigenvalue weighted by molar-refractivity contribution is 5.90. The van der Waals surface area contributed by atoms with Gasteiger partial charge in [0.1, 0.15) is 11.5 Å². The van der Waals surface area contributed by atoms with Crippen LogP contribution >= 0.6 is 0 Å². The second-order valence-corrected chi connectivity index (χ2v) is 7.70. The maximum absolute atomic E-state index is 12.8. The number of carbonyl (C=O) groups is 2. The van der Waals surface area contributed by atoms with Crippen LogP contribution < -0.4 is 0 Å². The average Bonchev–Trinajstić information content (AvgIpc) is 3.48. The highest BCUT2D eigenvalue weighted by atomic mass is 16.5. The number of aliphatic hydroxyl groups excluding tert-OH is 1. The summed E-state index contributed by atoms with van der Waals surface area (Å²) in [5.41, 5.74) is 2.71. The third-order valence-electron chi connectivity index (χ3n) is 5.39. The fourth-order valence-corrected chi connectivity index (χ4v) is 3.86. The van der Waals surface area contributed by atoms with Crippen molar-refractivity contribution in [3.8, 4) is 11.3 Å². The Kier molecular flexibility index (Phi) is 5.81. The molecule has 0 aliphatic carbocycles. The number of likely N-dealkylation sites (tertiary alicyclic amines) is 1. The van der Waals surface area contributed by atoms with Crippen molar-refractivity contribution < 1.29 is 23.6 Å². The summed E-state index contributed by atoms with van der Waals surface area (Å²) in [5, 5.41) is 13.8. The van der Waals surface area contributed by atoms with Crippen molar-refractivity contribution in [3.05, 3.63) is 65.7 Å². The van der Waals surface area contributed by atoms with E-state index in [9.17, 15) is 14.7 Å². The Balaban J connectivity index is 1.36. The molecule has 0 unspecified atom stereocenters. The number of ketones is 1. The van der Waals surface area contributed by atoms with E-state index >= 15 is 0 Å². The first kappa shape index (κ1) is 20.1. The molecule has 7 nitrogen and oxygen atoms in total. The minimum absolute atomic E-state index is 0.0333. The van der Waals surface area contributed by atoms with Crippen LogP contribution in [-0.4, -0.2) is 45.5 Å². The van der Waals surface area contributed by atoms with Crippen LogP contribution in [0.4, 0.5) is 0 Å². The molecule has 4 rings (SSSR count). The number of aliphatic hydroxyl groups is 1. The van der Waals surface area contributed by atoms with Gasteiger partial charge >= 0.3 is 0 Å². The number of furan rings is 1. The molecule has 1 saturated heterocycles. The molecule has 3 aromatic rings. The normalized spacial score (nSPS) is 18.7. The molecule has 2 atom stereocenters. The first-order chi connectivity index (χ1) is 14.5. The van der Waals surface area contributed by atoms with Crippen molar-refractivity contribution in [1.29, 1.82) is 0 Å². The second-order valence-electron chi connectivity index (χ2n) is 7.70. The molecule has 30 heavy (non-hydrogen) atoms. The number of benzene rings is 1. The number of rotatable bonds is 7. The lowest BCUT2D eigenvalue weighted by Crippen LogP contribution is -2.41. The summed E-state index contributed by atoms with van der Waals surface area (Å²) >= 11 is 0. The van der Waals surface area contributed by atoms with Gasteiger partial charge < -0.3 is 18.9 Å². The Morgan fingerprint density at radius 2 is 2.03 bits per heavy atom. The molecule has 3 heterocycles. The quantitative estimate of drug-likeness (QED) is 0.646. The molecule has 1 N–H and O–H groups in total. The SMILES string of the molecule is Cc1cc(CC(=O)N2C[C@H](O)C[C@H]2C(=O)CCc2ccc(-c3ccco3)cc2)on1. The number of carbonyl (C=O) groups excluding carboxylic acids is 2. The van der Waals surface area contributed by atoms with Gasteiger partial charge in [0.25, 0.3) is 0 Å². The summed E-state index contributed by atoms with van der Waals surface area (Å²) in [6, 6.07) is 12.7. The summed E-state index contributed by atoms with van der Waals surface area (Å²) in [6.07, 6.45) is 2.14. The number of hydrogen-bond donors (Lipinski definition) is 1. The molecule has 0 spiro atoms. The van der Waals surface area contributed by atoms with Crippen LogP contribution in [0.3, 0.4) is 0 Å². The third kappa shape index (κ3) is 4.52. The highest BCUT2D eigenvalue weighted by Crippen LogP contribution is 2.23. The molecule has 0 bridgehead atoms. The van der Waals surface area contributed by atoms with Gasteiger partial charge in [-0.15, -0.1) is 0 Å². The van der Waals surface area contributed by atoms with E-state index < -0.39 is 12.1 Å². The van der Waals surface area contributed by atoms with Gasteiger partial charge in [0, 0.05) is 31.0 Å². The van der Waals surface area contributed by atoms with E-state index in [0.717, 1.165) is 16.9 Å². The van der Waals surface area contributed by atoms with Gasteiger partial charge in [0.2, 0.25) is 5.91 Å². The number of Topliss-reactive ketones (excluding diaryl/α,β-unsaturated/α-hetero) is 1. The Morgan fingerprint density at radius 3 is 2.70 bits per heavy atom. The van der Waals surface area contributed by atoms with Crippen LogP contribution in [0.15, 0.2) is 57.7 Å². The molecule has 1 aliphatic rings. The van der Waals surface area contributed by atoms with E-state index in [2.05, 4.69) is 5.16 Å². The summed E-state index contributed by atoms with van der Waals surface area (Å²) in [7, 11) is 0. The van der Waals surface area contributed by atoms with E-state index in [0.29, 0.717) is 24.3 Å². The van der Waals surface area contributed by atoms with Crippen molar-refractivity contribution >= 4 is 11.7 Å². The zero-order valence-electron chi connectivity index (χ0n) is 16.8. The third-order valence-corrected chi connectivity index (χ3v) is 5.39.